The van der Waals surface area contributed by atoms with Crippen molar-refractivity contribution in [3.05, 3.63) is 24.3 Å². The van der Waals surface area contributed by atoms with E-state index in [9.17, 15) is 8.42 Å². The molecule has 6 heteroatoms. The van der Waals surface area contributed by atoms with Gasteiger partial charge in [0.15, 0.2) is 0 Å². The molecule has 0 heterocycles. The van der Waals surface area contributed by atoms with Crippen LogP contribution < -0.4 is 14.4 Å². The molecule has 1 N–H and O–H groups in total. The Morgan fingerprint density at radius 3 is 2.53 bits per heavy atom. The molecule has 1 rings (SSSR count). The summed E-state index contributed by atoms with van der Waals surface area (Å²) in [7, 11) is -0.00386. The molecule has 17 heavy (non-hydrogen) atoms. The number of sulfonamides is 1. The first-order valence-electron chi connectivity index (χ1n) is 5.26. The summed E-state index contributed by atoms with van der Waals surface area (Å²) in [5.74, 6) is 0.550. The molecule has 0 aromatic heterocycles. The number of nitrogens with zero attached hydrogens (tertiary/aromatic N) is 1. The molecular formula is C11H18N2O3S. The van der Waals surface area contributed by atoms with Crippen molar-refractivity contribution in [2.75, 3.05) is 37.8 Å². The molecule has 0 spiro atoms. The maximum atomic E-state index is 11.7. The molecule has 96 valence electrons. The van der Waals surface area contributed by atoms with Gasteiger partial charge in [-0.15, -0.1) is 0 Å². The lowest BCUT2D eigenvalue weighted by Crippen LogP contribution is -2.35. The predicted molar refractivity (Wildman–Crippen MR) is 69.1 cm³/mol. The average molecular weight is 258 g/mol. The molecule has 0 saturated heterocycles. The van der Waals surface area contributed by atoms with Crippen LogP contribution in [0.2, 0.25) is 0 Å². The molecule has 1 aromatic carbocycles. The fourth-order valence-corrected chi connectivity index (χ4v) is 2.45. The maximum absolute atomic E-state index is 11.7. The second kappa shape index (κ2) is 5.88. The van der Waals surface area contributed by atoms with Crippen LogP contribution in [0.25, 0.3) is 0 Å². The molecule has 0 fully saturated rings. The van der Waals surface area contributed by atoms with Gasteiger partial charge >= 0.3 is 0 Å². The average Bonchev–Trinajstić information content (AvgIpc) is 2.28. The minimum absolute atomic E-state index is 0.371. The van der Waals surface area contributed by atoms with E-state index >= 15 is 0 Å². The van der Waals surface area contributed by atoms with Crippen molar-refractivity contribution in [1.29, 1.82) is 0 Å². The van der Waals surface area contributed by atoms with Crippen LogP contribution >= 0.6 is 0 Å². The standard InChI is InChI=1S/C11H18N2O3S/c1-12-8-9-13(17(3,14)15)10-6-4-5-7-11(10)16-2/h4-7,12H,8-9H2,1-3H3. The molecule has 0 saturated carbocycles. The van der Waals surface area contributed by atoms with Gasteiger partial charge in [0.1, 0.15) is 5.75 Å². The van der Waals surface area contributed by atoms with E-state index in [4.69, 9.17) is 4.74 Å². The number of hydrogen-bond donors (Lipinski definition) is 1. The third kappa shape index (κ3) is 3.61. The van der Waals surface area contributed by atoms with Gasteiger partial charge in [-0.1, -0.05) is 12.1 Å². The SMILES string of the molecule is CNCCN(c1ccccc1OC)S(C)(=O)=O. The lowest BCUT2D eigenvalue weighted by atomic mass is 10.3. The zero-order valence-corrected chi connectivity index (χ0v) is 11.1. The van der Waals surface area contributed by atoms with Crippen molar-refractivity contribution in [2.45, 2.75) is 0 Å². The summed E-state index contributed by atoms with van der Waals surface area (Å²) in [5, 5.41) is 2.93. The van der Waals surface area contributed by atoms with Crippen LogP contribution in [0.4, 0.5) is 5.69 Å². The van der Waals surface area contributed by atoms with Gasteiger partial charge in [-0.2, -0.15) is 0 Å². The second-order valence-electron chi connectivity index (χ2n) is 3.61. The smallest absolute Gasteiger partial charge is 0.232 e. The highest BCUT2D eigenvalue weighted by molar-refractivity contribution is 7.92. The van der Waals surface area contributed by atoms with Crippen molar-refractivity contribution in [3.8, 4) is 5.75 Å². The fourth-order valence-electron chi connectivity index (χ4n) is 1.51. The minimum atomic E-state index is -3.31. The molecule has 0 aliphatic rings. The highest BCUT2D eigenvalue weighted by Crippen LogP contribution is 2.28. The summed E-state index contributed by atoms with van der Waals surface area (Å²) in [6, 6.07) is 7.07. The topological polar surface area (TPSA) is 58.6 Å². The summed E-state index contributed by atoms with van der Waals surface area (Å²) in [6.07, 6.45) is 1.19. The molecule has 0 aliphatic carbocycles. The molecule has 5 nitrogen and oxygen atoms in total. The number of anilines is 1. The largest absolute Gasteiger partial charge is 0.495 e. The van der Waals surface area contributed by atoms with Crippen molar-refractivity contribution in [1.82, 2.24) is 5.32 Å². The first-order valence-corrected chi connectivity index (χ1v) is 7.11. The van der Waals surface area contributed by atoms with Crippen molar-refractivity contribution < 1.29 is 13.2 Å². The van der Waals surface area contributed by atoms with E-state index in [0.29, 0.717) is 24.5 Å². The van der Waals surface area contributed by atoms with Crippen molar-refractivity contribution in [3.63, 3.8) is 0 Å². The normalized spacial score (nSPS) is 11.2. The lowest BCUT2D eigenvalue weighted by Gasteiger charge is -2.23. The molecular weight excluding hydrogens is 240 g/mol. The Hall–Kier alpha value is -1.27. The van der Waals surface area contributed by atoms with Crippen LogP contribution in [0.3, 0.4) is 0 Å². The number of ether oxygens (including phenoxy) is 1. The van der Waals surface area contributed by atoms with Gasteiger partial charge in [-0.05, 0) is 19.2 Å². The predicted octanol–water partition coefficient (Wildman–Crippen LogP) is 0.681. The Labute approximate surface area is 102 Å². The molecule has 0 bridgehead atoms. The molecule has 0 amide bonds. The number of para-hydroxylation sites is 2. The van der Waals surface area contributed by atoms with E-state index < -0.39 is 10.0 Å². The highest BCUT2D eigenvalue weighted by Gasteiger charge is 2.19. The Bertz CT molecular complexity index is 460. The van der Waals surface area contributed by atoms with Crippen molar-refractivity contribution >= 4 is 15.7 Å². The number of rotatable bonds is 6. The third-order valence-corrected chi connectivity index (χ3v) is 3.50. The van der Waals surface area contributed by atoms with E-state index in [-0.39, 0.29) is 0 Å². The maximum Gasteiger partial charge on any atom is 0.232 e. The summed E-state index contributed by atoms with van der Waals surface area (Å²) < 4.78 is 30.0. The quantitative estimate of drug-likeness (QED) is 0.815. The summed E-state index contributed by atoms with van der Waals surface area (Å²) in [4.78, 5) is 0. The van der Waals surface area contributed by atoms with E-state index in [1.165, 1.54) is 17.7 Å². The van der Waals surface area contributed by atoms with Crippen molar-refractivity contribution in [2.24, 2.45) is 0 Å². The van der Waals surface area contributed by atoms with Crippen LogP contribution in [-0.4, -0.2) is 41.9 Å². The Morgan fingerprint density at radius 2 is 2.00 bits per heavy atom. The minimum Gasteiger partial charge on any atom is -0.495 e. The van der Waals surface area contributed by atoms with Gasteiger partial charge in [0.05, 0.1) is 19.1 Å². The number of hydrogen-bond acceptors (Lipinski definition) is 4. The van der Waals surface area contributed by atoms with Gasteiger partial charge in [0.2, 0.25) is 10.0 Å². The van der Waals surface area contributed by atoms with Gasteiger partial charge in [-0.25, -0.2) is 8.42 Å². The van der Waals surface area contributed by atoms with E-state index in [1.807, 2.05) is 0 Å². The summed E-state index contributed by atoms with van der Waals surface area (Å²) in [5.41, 5.74) is 0.563. The summed E-state index contributed by atoms with van der Waals surface area (Å²) >= 11 is 0. The zero-order valence-electron chi connectivity index (χ0n) is 10.3. The van der Waals surface area contributed by atoms with Crippen LogP contribution in [0.5, 0.6) is 5.75 Å². The van der Waals surface area contributed by atoms with Gasteiger partial charge in [0.25, 0.3) is 0 Å². The lowest BCUT2D eigenvalue weighted by molar-refractivity contribution is 0.415. The fraction of sp³-hybridized carbons (Fsp3) is 0.455. The Morgan fingerprint density at radius 1 is 1.35 bits per heavy atom. The highest BCUT2D eigenvalue weighted by atomic mass is 32.2. The first kappa shape index (κ1) is 13.8. The molecule has 0 unspecified atom stereocenters. The molecule has 1 aromatic rings. The summed E-state index contributed by atoms with van der Waals surface area (Å²) in [6.45, 7) is 0.945. The van der Waals surface area contributed by atoms with Gasteiger partial charge in [-0.3, -0.25) is 4.31 Å². The molecule has 0 atom stereocenters. The number of benzene rings is 1. The second-order valence-corrected chi connectivity index (χ2v) is 5.52. The third-order valence-electron chi connectivity index (χ3n) is 2.32. The zero-order chi connectivity index (χ0) is 12.9. The van der Waals surface area contributed by atoms with E-state index in [1.54, 1.807) is 31.3 Å². The molecule has 0 aliphatic heterocycles. The number of nitrogens with one attached hydrogen (secondary N) is 1. The van der Waals surface area contributed by atoms with E-state index in [0.717, 1.165) is 0 Å². The number of methoxy groups -OCH3 is 1. The van der Waals surface area contributed by atoms with Crippen LogP contribution in [0.15, 0.2) is 24.3 Å². The van der Waals surface area contributed by atoms with Crippen LogP contribution in [-0.2, 0) is 10.0 Å². The Kier molecular flexibility index (Phi) is 4.77. The van der Waals surface area contributed by atoms with E-state index in [2.05, 4.69) is 5.32 Å². The monoisotopic (exact) mass is 258 g/mol. The Balaban J connectivity index is 3.13. The van der Waals surface area contributed by atoms with Crippen LogP contribution in [0.1, 0.15) is 0 Å². The van der Waals surface area contributed by atoms with Crippen LogP contribution in [0, 0.1) is 0 Å². The number of likely N-dealkylation sites (N-methyl/N-ethyl adjacent to an activating group) is 1. The molecule has 0 radical (unpaired) electrons. The van der Waals surface area contributed by atoms with Gasteiger partial charge in [0, 0.05) is 13.1 Å². The van der Waals surface area contributed by atoms with Gasteiger partial charge < -0.3 is 10.1 Å². The first-order chi connectivity index (χ1) is 8.00.